The molecule has 0 aliphatic carbocycles. The van der Waals surface area contributed by atoms with E-state index in [1.165, 1.54) is 5.56 Å². The van der Waals surface area contributed by atoms with Crippen LogP contribution in [0.4, 0.5) is 5.69 Å². The first kappa shape index (κ1) is 14.7. The number of rotatable bonds is 5. The Bertz CT molecular complexity index is 543. The van der Waals surface area contributed by atoms with Crippen LogP contribution in [0.1, 0.15) is 12.0 Å². The zero-order chi connectivity index (χ0) is 13.7. The fourth-order valence-electron chi connectivity index (χ4n) is 1.82. The van der Waals surface area contributed by atoms with Gasteiger partial charge in [-0.1, -0.05) is 53.5 Å². The predicted octanol–water partition coefficient (Wildman–Crippen LogP) is 5.80. The molecule has 0 saturated carbocycles. The summed E-state index contributed by atoms with van der Waals surface area (Å²) in [5.41, 5.74) is 2.23. The minimum atomic E-state index is 0.551. The Morgan fingerprint density at radius 3 is 2.42 bits per heavy atom. The van der Waals surface area contributed by atoms with Gasteiger partial charge in [-0.25, -0.2) is 0 Å². The molecule has 0 radical (unpaired) electrons. The average Bonchev–Trinajstić information content (AvgIpc) is 2.44. The molecule has 4 heteroatoms. The lowest BCUT2D eigenvalue weighted by Crippen LogP contribution is -2.03. The zero-order valence-electron chi connectivity index (χ0n) is 10.3. The quantitative estimate of drug-likeness (QED) is 0.526. The second-order valence-corrected chi connectivity index (χ2v) is 5.85. The SMILES string of the molecule is Clc1c(Br)ccc(NCCCc2ccccc2)c1Cl. The molecule has 0 fully saturated rings. The molecular weight excluding hydrogens is 345 g/mol. The molecule has 0 aliphatic heterocycles. The third-order valence-electron chi connectivity index (χ3n) is 2.84. The van der Waals surface area contributed by atoms with E-state index in [9.17, 15) is 0 Å². The molecule has 2 rings (SSSR count). The number of anilines is 1. The number of hydrogen-bond acceptors (Lipinski definition) is 1. The number of halogens is 3. The van der Waals surface area contributed by atoms with Crippen molar-refractivity contribution in [2.75, 3.05) is 11.9 Å². The summed E-state index contributed by atoms with van der Waals surface area (Å²) in [5, 5.41) is 4.43. The lowest BCUT2D eigenvalue weighted by atomic mass is 10.1. The molecule has 1 nitrogen and oxygen atoms in total. The van der Waals surface area contributed by atoms with Crippen LogP contribution in [0.5, 0.6) is 0 Å². The van der Waals surface area contributed by atoms with E-state index in [1.807, 2.05) is 18.2 Å². The normalized spacial score (nSPS) is 10.5. The molecule has 19 heavy (non-hydrogen) atoms. The maximum atomic E-state index is 6.17. The van der Waals surface area contributed by atoms with Gasteiger partial charge in [-0.3, -0.25) is 0 Å². The smallest absolute Gasteiger partial charge is 0.0835 e. The molecule has 0 aromatic heterocycles. The van der Waals surface area contributed by atoms with Gasteiger partial charge in [0.1, 0.15) is 0 Å². The van der Waals surface area contributed by atoms with Gasteiger partial charge in [-0.2, -0.15) is 0 Å². The maximum Gasteiger partial charge on any atom is 0.0835 e. The van der Waals surface area contributed by atoms with E-state index in [2.05, 4.69) is 45.5 Å². The molecular formula is C15H14BrCl2N. The van der Waals surface area contributed by atoms with Gasteiger partial charge in [0.05, 0.1) is 15.7 Å². The molecule has 0 heterocycles. The topological polar surface area (TPSA) is 12.0 Å². The van der Waals surface area contributed by atoms with Crippen molar-refractivity contribution in [3.63, 3.8) is 0 Å². The van der Waals surface area contributed by atoms with Crippen LogP contribution in [0, 0.1) is 0 Å². The summed E-state index contributed by atoms with van der Waals surface area (Å²) in [6, 6.07) is 14.3. The van der Waals surface area contributed by atoms with Crippen LogP contribution < -0.4 is 5.32 Å². The van der Waals surface area contributed by atoms with Gasteiger partial charge in [0.15, 0.2) is 0 Å². The highest BCUT2D eigenvalue weighted by atomic mass is 79.9. The Morgan fingerprint density at radius 2 is 1.68 bits per heavy atom. The highest BCUT2D eigenvalue weighted by molar-refractivity contribution is 9.10. The number of aryl methyl sites for hydroxylation is 1. The molecule has 0 bridgehead atoms. The summed E-state index contributed by atoms with van der Waals surface area (Å²) < 4.78 is 0.814. The molecule has 0 aliphatic rings. The van der Waals surface area contributed by atoms with Gasteiger partial charge in [-0.15, -0.1) is 0 Å². The van der Waals surface area contributed by atoms with Crippen molar-refractivity contribution in [2.45, 2.75) is 12.8 Å². The van der Waals surface area contributed by atoms with E-state index in [0.717, 1.165) is 29.5 Å². The molecule has 0 amide bonds. The summed E-state index contributed by atoms with van der Waals surface area (Å²) in [6.45, 7) is 0.868. The molecule has 2 aromatic carbocycles. The monoisotopic (exact) mass is 357 g/mol. The Kier molecular flexibility index (Phi) is 5.56. The highest BCUT2D eigenvalue weighted by Gasteiger charge is 2.07. The van der Waals surface area contributed by atoms with Crippen LogP contribution >= 0.6 is 39.1 Å². The predicted molar refractivity (Wildman–Crippen MR) is 87.4 cm³/mol. The third-order valence-corrected chi connectivity index (χ3v) is 4.61. The molecule has 100 valence electrons. The summed E-state index contributed by atoms with van der Waals surface area (Å²) in [6.07, 6.45) is 2.10. The highest BCUT2D eigenvalue weighted by Crippen LogP contribution is 2.35. The Hall–Kier alpha value is -0.700. The van der Waals surface area contributed by atoms with E-state index in [0.29, 0.717) is 10.0 Å². The van der Waals surface area contributed by atoms with Crippen molar-refractivity contribution >= 4 is 44.8 Å². The van der Waals surface area contributed by atoms with E-state index in [4.69, 9.17) is 23.2 Å². The first-order valence-corrected chi connectivity index (χ1v) is 7.64. The van der Waals surface area contributed by atoms with Crippen LogP contribution in [0.3, 0.4) is 0 Å². The fraction of sp³-hybridized carbons (Fsp3) is 0.200. The van der Waals surface area contributed by atoms with E-state index < -0.39 is 0 Å². The molecule has 1 N–H and O–H groups in total. The standard InChI is InChI=1S/C15H14BrCl2N/c16-12-8-9-13(15(18)14(12)17)19-10-4-7-11-5-2-1-3-6-11/h1-3,5-6,8-9,19H,4,7,10H2. The summed E-state index contributed by atoms with van der Waals surface area (Å²) in [4.78, 5) is 0. The molecule has 0 atom stereocenters. The first-order chi connectivity index (χ1) is 9.18. The van der Waals surface area contributed by atoms with Gasteiger partial charge < -0.3 is 5.32 Å². The third kappa shape index (κ3) is 4.13. The lowest BCUT2D eigenvalue weighted by molar-refractivity contribution is 0.863. The van der Waals surface area contributed by atoms with E-state index >= 15 is 0 Å². The van der Waals surface area contributed by atoms with Crippen molar-refractivity contribution in [1.82, 2.24) is 0 Å². The summed E-state index contributed by atoms with van der Waals surface area (Å²) in [7, 11) is 0. The van der Waals surface area contributed by atoms with Crippen LogP contribution in [0.15, 0.2) is 46.9 Å². The lowest BCUT2D eigenvalue weighted by Gasteiger charge is -2.10. The van der Waals surface area contributed by atoms with Gasteiger partial charge in [0.2, 0.25) is 0 Å². The fourth-order valence-corrected chi connectivity index (χ4v) is 2.66. The Morgan fingerprint density at radius 1 is 0.947 bits per heavy atom. The van der Waals surface area contributed by atoms with Crippen molar-refractivity contribution in [1.29, 1.82) is 0 Å². The number of hydrogen-bond donors (Lipinski definition) is 1. The first-order valence-electron chi connectivity index (χ1n) is 6.10. The van der Waals surface area contributed by atoms with E-state index in [1.54, 1.807) is 0 Å². The van der Waals surface area contributed by atoms with Gasteiger partial charge >= 0.3 is 0 Å². The zero-order valence-corrected chi connectivity index (χ0v) is 13.4. The van der Waals surface area contributed by atoms with Crippen LogP contribution in [0.2, 0.25) is 10.0 Å². The van der Waals surface area contributed by atoms with Crippen LogP contribution in [-0.2, 0) is 6.42 Å². The van der Waals surface area contributed by atoms with Crippen LogP contribution in [-0.4, -0.2) is 6.54 Å². The van der Waals surface area contributed by atoms with Crippen molar-refractivity contribution in [2.24, 2.45) is 0 Å². The number of nitrogens with one attached hydrogen (secondary N) is 1. The molecule has 0 unspecified atom stereocenters. The Labute approximate surface area is 132 Å². The van der Waals surface area contributed by atoms with Gasteiger partial charge in [-0.05, 0) is 46.5 Å². The minimum Gasteiger partial charge on any atom is -0.384 e. The minimum absolute atomic E-state index is 0.551. The van der Waals surface area contributed by atoms with Gasteiger partial charge in [0, 0.05) is 11.0 Å². The molecule has 0 spiro atoms. The van der Waals surface area contributed by atoms with Crippen molar-refractivity contribution < 1.29 is 0 Å². The summed E-state index contributed by atoms with van der Waals surface area (Å²) in [5.74, 6) is 0. The van der Waals surface area contributed by atoms with Crippen LogP contribution in [0.25, 0.3) is 0 Å². The second-order valence-electron chi connectivity index (χ2n) is 4.24. The maximum absolute atomic E-state index is 6.17. The second kappa shape index (κ2) is 7.18. The van der Waals surface area contributed by atoms with E-state index in [-0.39, 0.29) is 0 Å². The summed E-state index contributed by atoms with van der Waals surface area (Å²) >= 11 is 15.6. The number of benzene rings is 2. The van der Waals surface area contributed by atoms with Crippen molar-refractivity contribution in [3.05, 3.63) is 62.5 Å². The van der Waals surface area contributed by atoms with Crippen molar-refractivity contribution in [3.8, 4) is 0 Å². The molecule has 0 saturated heterocycles. The Balaban J connectivity index is 1.85. The van der Waals surface area contributed by atoms with Gasteiger partial charge in [0.25, 0.3) is 0 Å². The molecule has 2 aromatic rings. The largest absolute Gasteiger partial charge is 0.384 e. The average molecular weight is 359 g/mol.